The molecule has 0 atom stereocenters. The first-order chi connectivity index (χ1) is 13.9. The standard InChI is InChI=1S/C27H32BrP/c1-23(2)19-20-24(3)21-22-29(28,25-13-7-4-8-14-25,26-15-9-5-10-16-26)27-17-11-6-12-18-27/h4-18,21,23H,19-20,22H2,1-3H3. The number of hydrogen-bond donors (Lipinski definition) is 0. The van der Waals surface area contributed by atoms with E-state index >= 15 is 0 Å². The minimum absolute atomic E-state index is 0.731. The maximum absolute atomic E-state index is 4.51. The van der Waals surface area contributed by atoms with Gasteiger partial charge in [-0.2, -0.15) is 0 Å². The second kappa shape index (κ2) is 9.41. The van der Waals surface area contributed by atoms with Crippen LogP contribution in [0.4, 0.5) is 0 Å². The van der Waals surface area contributed by atoms with E-state index in [4.69, 9.17) is 0 Å². The monoisotopic (exact) mass is 466 g/mol. The summed E-state index contributed by atoms with van der Waals surface area (Å²) in [6.07, 6.45) is 5.87. The molecule has 0 spiro atoms. The molecular formula is C27H32BrP. The topological polar surface area (TPSA) is 0 Å². The van der Waals surface area contributed by atoms with E-state index in [9.17, 15) is 0 Å². The number of benzene rings is 3. The molecule has 29 heavy (non-hydrogen) atoms. The van der Waals surface area contributed by atoms with E-state index in [0.29, 0.717) is 0 Å². The molecule has 0 saturated carbocycles. The summed E-state index contributed by atoms with van der Waals surface area (Å²) in [7, 11) is 0. The summed E-state index contributed by atoms with van der Waals surface area (Å²) >= 11 is 4.51. The van der Waals surface area contributed by atoms with Gasteiger partial charge in [0, 0.05) is 0 Å². The van der Waals surface area contributed by atoms with Crippen molar-refractivity contribution in [3.63, 3.8) is 0 Å². The second-order valence-corrected chi connectivity index (χ2v) is 17.3. The van der Waals surface area contributed by atoms with Crippen LogP contribution < -0.4 is 15.9 Å². The normalized spacial score (nSPS) is 13.8. The third-order valence-electron chi connectivity index (χ3n) is 5.78. The van der Waals surface area contributed by atoms with E-state index in [1.54, 1.807) is 0 Å². The molecule has 0 amide bonds. The summed E-state index contributed by atoms with van der Waals surface area (Å²) in [6, 6.07) is 33.1. The summed E-state index contributed by atoms with van der Waals surface area (Å²) in [5.74, 6) is 0.731. The predicted molar refractivity (Wildman–Crippen MR) is 137 cm³/mol. The molecule has 0 radical (unpaired) electrons. The quantitative estimate of drug-likeness (QED) is 0.243. The van der Waals surface area contributed by atoms with Crippen LogP contribution in [0.5, 0.6) is 0 Å². The Hall–Kier alpha value is -1.69. The number of allylic oxidation sites excluding steroid dienone is 2. The van der Waals surface area contributed by atoms with Crippen molar-refractivity contribution in [3.8, 4) is 0 Å². The minimum atomic E-state index is -2.82. The first-order valence-electron chi connectivity index (χ1n) is 10.5. The van der Waals surface area contributed by atoms with Gasteiger partial charge in [-0.05, 0) is 0 Å². The third-order valence-corrected chi connectivity index (χ3v) is 15.3. The van der Waals surface area contributed by atoms with Crippen LogP contribution in [0, 0.1) is 5.92 Å². The van der Waals surface area contributed by atoms with Gasteiger partial charge in [0.25, 0.3) is 0 Å². The van der Waals surface area contributed by atoms with Gasteiger partial charge in [-0.3, -0.25) is 0 Å². The van der Waals surface area contributed by atoms with Crippen LogP contribution in [-0.2, 0) is 0 Å². The van der Waals surface area contributed by atoms with Crippen molar-refractivity contribution in [3.05, 3.63) is 103 Å². The Morgan fingerprint density at radius 2 is 1.14 bits per heavy atom. The molecule has 3 aromatic rings. The maximum atomic E-state index is 4.51. The van der Waals surface area contributed by atoms with Crippen molar-refractivity contribution in [2.45, 2.75) is 33.6 Å². The average molecular weight is 467 g/mol. The summed E-state index contributed by atoms with van der Waals surface area (Å²) in [6.45, 7) is 6.89. The molecule has 0 saturated heterocycles. The van der Waals surface area contributed by atoms with Crippen molar-refractivity contribution >= 4 is 36.7 Å². The summed E-state index contributed by atoms with van der Waals surface area (Å²) in [5, 5.41) is 1.32. The van der Waals surface area contributed by atoms with Crippen LogP contribution in [0.2, 0.25) is 0 Å². The predicted octanol–water partition coefficient (Wildman–Crippen LogP) is 7.21. The van der Waals surface area contributed by atoms with Gasteiger partial charge >= 0.3 is 185 Å². The molecule has 0 fully saturated rings. The van der Waals surface area contributed by atoms with E-state index in [0.717, 1.165) is 18.5 Å². The molecule has 152 valence electrons. The van der Waals surface area contributed by atoms with E-state index < -0.39 is 5.31 Å². The second-order valence-electron chi connectivity index (χ2n) is 8.36. The van der Waals surface area contributed by atoms with E-state index in [1.807, 2.05) is 0 Å². The Labute approximate surface area is 184 Å². The molecule has 0 aliphatic heterocycles. The fraction of sp³-hybridized carbons (Fsp3) is 0.259. The van der Waals surface area contributed by atoms with Crippen LogP contribution in [0.1, 0.15) is 33.6 Å². The first kappa shape index (κ1) is 22.0. The van der Waals surface area contributed by atoms with Crippen molar-refractivity contribution in [2.24, 2.45) is 5.92 Å². The molecule has 0 heterocycles. The van der Waals surface area contributed by atoms with E-state index in [2.05, 4.69) is 133 Å². The Bertz CT molecular complexity index is 831. The molecule has 3 rings (SSSR count). The summed E-state index contributed by atoms with van der Waals surface area (Å²) in [5.41, 5.74) is 1.48. The van der Waals surface area contributed by atoms with E-state index in [-0.39, 0.29) is 0 Å². The average Bonchev–Trinajstić information content (AvgIpc) is 2.78. The molecule has 0 bridgehead atoms. The van der Waals surface area contributed by atoms with Gasteiger partial charge in [0.05, 0.1) is 0 Å². The zero-order chi connectivity index (χ0) is 20.8. The van der Waals surface area contributed by atoms with Gasteiger partial charge in [0.1, 0.15) is 0 Å². The van der Waals surface area contributed by atoms with E-state index in [1.165, 1.54) is 27.9 Å². The van der Waals surface area contributed by atoms with Crippen molar-refractivity contribution in [1.82, 2.24) is 0 Å². The van der Waals surface area contributed by atoms with Crippen LogP contribution in [0.25, 0.3) is 0 Å². The number of hydrogen-bond acceptors (Lipinski definition) is 0. The van der Waals surface area contributed by atoms with Crippen LogP contribution in [-0.4, -0.2) is 6.16 Å². The molecule has 0 aliphatic carbocycles. The van der Waals surface area contributed by atoms with Crippen molar-refractivity contribution in [2.75, 3.05) is 6.16 Å². The Morgan fingerprint density at radius 1 is 0.759 bits per heavy atom. The zero-order valence-corrected chi connectivity index (χ0v) is 20.2. The van der Waals surface area contributed by atoms with Crippen LogP contribution in [0.15, 0.2) is 103 Å². The fourth-order valence-electron chi connectivity index (χ4n) is 3.93. The van der Waals surface area contributed by atoms with Gasteiger partial charge < -0.3 is 0 Å². The number of rotatable bonds is 8. The zero-order valence-electron chi connectivity index (χ0n) is 17.8. The molecule has 0 unspecified atom stereocenters. The molecule has 0 aliphatic rings. The molecular weight excluding hydrogens is 435 g/mol. The van der Waals surface area contributed by atoms with Gasteiger partial charge in [0.2, 0.25) is 0 Å². The molecule has 2 heteroatoms. The van der Waals surface area contributed by atoms with Crippen LogP contribution >= 0.6 is 20.8 Å². The molecule has 0 N–H and O–H groups in total. The molecule has 0 aromatic heterocycles. The summed E-state index contributed by atoms with van der Waals surface area (Å²) in [4.78, 5) is 0. The molecule has 3 aromatic carbocycles. The van der Waals surface area contributed by atoms with Gasteiger partial charge in [0.15, 0.2) is 0 Å². The Morgan fingerprint density at radius 3 is 1.48 bits per heavy atom. The van der Waals surface area contributed by atoms with Gasteiger partial charge in [-0.15, -0.1) is 0 Å². The van der Waals surface area contributed by atoms with Crippen molar-refractivity contribution in [1.29, 1.82) is 0 Å². The fourth-order valence-corrected chi connectivity index (χ4v) is 11.1. The SMILES string of the molecule is CC(=CCP(Br)(c1ccccc1)(c1ccccc1)c1ccccc1)CCC(C)C. The van der Waals surface area contributed by atoms with Crippen LogP contribution in [0.3, 0.4) is 0 Å². The Balaban J connectivity index is 2.23. The first-order valence-corrected chi connectivity index (χ1v) is 14.9. The van der Waals surface area contributed by atoms with Gasteiger partial charge in [-0.1, -0.05) is 0 Å². The van der Waals surface area contributed by atoms with Crippen molar-refractivity contribution < 1.29 is 0 Å². The third kappa shape index (κ3) is 4.57. The number of halogens is 1. The Kier molecular flexibility index (Phi) is 7.14. The van der Waals surface area contributed by atoms with Gasteiger partial charge in [-0.25, -0.2) is 0 Å². The molecule has 0 nitrogen and oxygen atoms in total. The summed E-state index contributed by atoms with van der Waals surface area (Å²) < 4.78 is 0.